The van der Waals surface area contributed by atoms with Crippen LogP contribution in [0.4, 0.5) is 4.39 Å². The van der Waals surface area contributed by atoms with Gasteiger partial charge in [0.2, 0.25) is 0 Å². The van der Waals surface area contributed by atoms with Crippen molar-refractivity contribution >= 4 is 11.8 Å². The quantitative estimate of drug-likeness (QED) is 0.778. The minimum atomic E-state index is -0.150. The summed E-state index contributed by atoms with van der Waals surface area (Å²) in [6.45, 7) is 2.90. The Kier molecular flexibility index (Phi) is 4.61. The molecular weight excluding hydrogens is 281 g/mol. The van der Waals surface area contributed by atoms with Gasteiger partial charge in [0, 0.05) is 23.2 Å². The molecule has 0 saturated heterocycles. The van der Waals surface area contributed by atoms with Crippen LogP contribution in [0.1, 0.15) is 29.5 Å². The summed E-state index contributed by atoms with van der Waals surface area (Å²) in [7, 11) is 0. The lowest BCUT2D eigenvalue weighted by Crippen LogP contribution is -2.16. The molecule has 21 heavy (non-hydrogen) atoms. The average Bonchev–Trinajstić information content (AvgIpc) is 3.30. The van der Waals surface area contributed by atoms with E-state index in [1.807, 2.05) is 6.07 Å². The number of benzene rings is 2. The lowest BCUT2D eigenvalue weighted by atomic mass is 10.1. The van der Waals surface area contributed by atoms with E-state index in [1.165, 1.54) is 28.9 Å². The van der Waals surface area contributed by atoms with Crippen LogP contribution < -0.4 is 5.32 Å². The van der Waals surface area contributed by atoms with Crippen LogP contribution in [0.2, 0.25) is 0 Å². The number of hydrogen-bond acceptors (Lipinski definition) is 2. The van der Waals surface area contributed by atoms with Gasteiger partial charge in [0.1, 0.15) is 5.82 Å². The maximum atomic E-state index is 13.5. The van der Waals surface area contributed by atoms with Crippen molar-refractivity contribution in [3.63, 3.8) is 0 Å². The van der Waals surface area contributed by atoms with Gasteiger partial charge in [-0.1, -0.05) is 24.3 Å². The van der Waals surface area contributed by atoms with Crippen molar-refractivity contribution in [2.24, 2.45) is 0 Å². The molecule has 0 spiro atoms. The highest BCUT2D eigenvalue weighted by Crippen LogP contribution is 2.29. The maximum absolute atomic E-state index is 13.5. The second-order valence-corrected chi connectivity index (χ2v) is 6.64. The number of halogens is 1. The third-order valence-electron chi connectivity index (χ3n) is 3.83. The summed E-state index contributed by atoms with van der Waals surface area (Å²) in [6, 6.07) is 14.2. The first-order valence-electron chi connectivity index (χ1n) is 7.41. The Bertz CT molecular complexity index is 622. The van der Waals surface area contributed by atoms with E-state index in [1.54, 1.807) is 23.9 Å². The SMILES string of the molecule is Cc1ccccc1CSc1ccc(F)cc1CNC1CC1. The summed E-state index contributed by atoms with van der Waals surface area (Å²) in [4.78, 5) is 1.17. The fourth-order valence-corrected chi connectivity index (χ4v) is 3.41. The van der Waals surface area contributed by atoms with Crippen molar-refractivity contribution in [2.75, 3.05) is 0 Å². The molecule has 1 aliphatic carbocycles. The summed E-state index contributed by atoms with van der Waals surface area (Å²) in [5, 5.41) is 3.47. The van der Waals surface area contributed by atoms with E-state index in [0.717, 1.165) is 17.9 Å². The number of rotatable bonds is 6. The van der Waals surface area contributed by atoms with Crippen molar-refractivity contribution < 1.29 is 4.39 Å². The van der Waals surface area contributed by atoms with Gasteiger partial charge in [0.05, 0.1) is 0 Å². The van der Waals surface area contributed by atoms with Crippen molar-refractivity contribution in [3.05, 3.63) is 65.0 Å². The Morgan fingerprint density at radius 3 is 2.71 bits per heavy atom. The third kappa shape index (κ3) is 4.08. The summed E-state index contributed by atoms with van der Waals surface area (Å²) >= 11 is 1.79. The predicted octanol–water partition coefficient (Wildman–Crippen LogP) is 4.68. The summed E-state index contributed by atoms with van der Waals surface area (Å²) in [5.74, 6) is 0.775. The zero-order chi connectivity index (χ0) is 14.7. The van der Waals surface area contributed by atoms with E-state index in [0.29, 0.717) is 6.04 Å². The van der Waals surface area contributed by atoms with Gasteiger partial charge in [-0.25, -0.2) is 4.39 Å². The van der Waals surface area contributed by atoms with Gasteiger partial charge < -0.3 is 5.32 Å². The van der Waals surface area contributed by atoms with Gasteiger partial charge >= 0.3 is 0 Å². The monoisotopic (exact) mass is 301 g/mol. The minimum absolute atomic E-state index is 0.150. The Morgan fingerprint density at radius 1 is 1.14 bits per heavy atom. The molecule has 1 nitrogen and oxygen atoms in total. The molecule has 1 N–H and O–H groups in total. The molecular formula is C18H20FNS. The molecule has 110 valence electrons. The van der Waals surface area contributed by atoms with Gasteiger partial charge in [0.15, 0.2) is 0 Å². The first-order valence-corrected chi connectivity index (χ1v) is 8.40. The highest BCUT2D eigenvalue weighted by molar-refractivity contribution is 7.98. The zero-order valence-corrected chi connectivity index (χ0v) is 13.0. The second-order valence-electron chi connectivity index (χ2n) is 5.62. The molecule has 1 aliphatic rings. The van der Waals surface area contributed by atoms with E-state index in [-0.39, 0.29) is 5.82 Å². The first-order chi connectivity index (χ1) is 10.2. The number of hydrogen-bond donors (Lipinski definition) is 1. The number of aryl methyl sites for hydroxylation is 1. The summed E-state index contributed by atoms with van der Waals surface area (Å²) < 4.78 is 13.5. The molecule has 1 saturated carbocycles. The smallest absolute Gasteiger partial charge is 0.123 e. The standard InChI is InChI=1S/C18H20FNS/c1-13-4-2-3-5-14(13)12-21-18-9-6-16(19)10-15(18)11-20-17-7-8-17/h2-6,9-10,17,20H,7-8,11-12H2,1H3. The van der Waals surface area contributed by atoms with E-state index in [4.69, 9.17) is 0 Å². The van der Waals surface area contributed by atoms with Crippen LogP contribution in [0.5, 0.6) is 0 Å². The van der Waals surface area contributed by atoms with Crippen LogP contribution >= 0.6 is 11.8 Å². The molecule has 0 aliphatic heterocycles. The van der Waals surface area contributed by atoms with E-state index in [2.05, 4.69) is 36.5 Å². The third-order valence-corrected chi connectivity index (χ3v) is 4.99. The second kappa shape index (κ2) is 6.63. The minimum Gasteiger partial charge on any atom is -0.310 e. The Balaban J connectivity index is 1.70. The molecule has 0 aromatic heterocycles. The first kappa shape index (κ1) is 14.6. The molecule has 0 amide bonds. The molecule has 3 rings (SSSR count). The van der Waals surface area contributed by atoms with Crippen LogP contribution in [0.25, 0.3) is 0 Å². The van der Waals surface area contributed by atoms with Gasteiger partial charge in [0.25, 0.3) is 0 Å². The Labute approximate surface area is 130 Å². The predicted molar refractivity (Wildman–Crippen MR) is 87.0 cm³/mol. The number of thioether (sulfide) groups is 1. The van der Waals surface area contributed by atoms with Gasteiger partial charge in [-0.3, -0.25) is 0 Å². The highest BCUT2D eigenvalue weighted by Gasteiger charge is 2.20. The number of nitrogens with one attached hydrogen (secondary N) is 1. The molecule has 2 aromatic rings. The fourth-order valence-electron chi connectivity index (χ4n) is 2.30. The summed E-state index contributed by atoms with van der Waals surface area (Å²) in [6.07, 6.45) is 2.50. The van der Waals surface area contributed by atoms with Crippen LogP contribution in [0.3, 0.4) is 0 Å². The average molecular weight is 301 g/mol. The van der Waals surface area contributed by atoms with Gasteiger partial charge in [-0.05, 0) is 54.7 Å². The van der Waals surface area contributed by atoms with E-state index >= 15 is 0 Å². The Hall–Kier alpha value is -1.32. The Morgan fingerprint density at radius 2 is 1.95 bits per heavy atom. The highest BCUT2D eigenvalue weighted by atomic mass is 32.2. The van der Waals surface area contributed by atoms with Gasteiger partial charge in [-0.2, -0.15) is 0 Å². The van der Waals surface area contributed by atoms with Crippen LogP contribution in [-0.2, 0) is 12.3 Å². The molecule has 0 unspecified atom stereocenters. The normalized spacial score (nSPS) is 14.4. The van der Waals surface area contributed by atoms with Crippen molar-refractivity contribution in [1.82, 2.24) is 5.32 Å². The lowest BCUT2D eigenvalue weighted by Gasteiger charge is -2.11. The molecule has 3 heteroatoms. The van der Waals surface area contributed by atoms with Crippen LogP contribution in [0, 0.1) is 12.7 Å². The van der Waals surface area contributed by atoms with Crippen molar-refractivity contribution in [3.8, 4) is 0 Å². The van der Waals surface area contributed by atoms with Crippen LogP contribution in [0.15, 0.2) is 47.4 Å². The van der Waals surface area contributed by atoms with E-state index in [9.17, 15) is 4.39 Å². The zero-order valence-electron chi connectivity index (χ0n) is 12.2. The van der Waals surface area contributed by atoms with Crippen molar-refractivity contribution in [2.45, 2.75) is 43.0 Å². The molecule has 2 aromatic carbocycles. The van der Waals surface area contributed by atoms with E-state index < -0.39 is 0 Å². The molecule has 0 bridgehead atoms. The lowest BCUT2D eigenvalue weighted by molar-refractivity contribution is 0.616. The molecule has 0 heterocycles. The topological polar surface area (TPSA) is 12.0 Å². The summed E-state index contributed by atoms with van der Waals surface area (Å²) in [5.41, 5.74) is 3.72. The van der Waals surface area contributed by atoms with Crippen LogP contribution in [-0.4, -0.2) is 6.04 Å². The molecule has 1 fully saturated rings. The molecule has 0 atom stereocenters. The fraction of sp³-hybridized carbons (Fsp3) is 0.333. The van der Waals surface area contributed by atoms with Gasteiger partial charge in [-0.15, -0.1) is 11.8 Å². The van der Waals surface area contributed by atoms with Crippen molar-refractivity contribution in [1.29, 1.82) is 0 Å². The largest absolute Gasteiger partial charge is 0.310 e. The molecule has 0 radical (unpaired) electrons. The maximum Gasteiger partial charge on any atom is 0.123 e.